The van der Waals surface area contributed by atoms with Gasteiger partial charge in [0.05, 0.1) is 0 Å². The van der Waals surface area contributed by atoms with Gasteiger partial charge < -0.3 is 4.90 Å². The van der Waals surface area contributed by atoms with Crippen LogP contribution in [0.3, 0.4) is 0 Å². The van der Waals surface area contributed by atoms with Crippen LogP contribution in [0.2, 0.25) is 0 Å². The Balaban J connectivity index is 1.49. The molecule has 3 rings (SSSR count). The monoisotopic (exact) mass is 324 g/mol. The lowest BCUT2D eigenvalue weighted by molar-refractivity contribution is 0.0638. The molecule has 1 aliphatic heterocycles. The van der Waals surface area contributed by atoms with E-state index in [0.717, 1.165) is 44.7 Å². The number of aryl methyl sites for hydroxylation is 2. The second kappa shape index (κ2) is 7.80. The average Bonchev–Trinajstić information content (AvgIpc) is 2.63. The number of piperazine rings is 1. The Morgan fingerprint density at radius 1 is 1.04 bits per heavy atom. The van der Waals surface area contributed by atoms with Gasteiger partial charge in [-0.1, -0.05) is 29.9 Å². The zero-order chi connectivity index (χ0) is 16.9. The van der Waals surface area contributed by atoms with E-state index in [0.29, 0.717) is 0 Å². The van der Waals surface area contributed by atoms with Gasteiger partial charge in [0.15, 0.2) is 0 Å². The van der Waals surface area contributed by atoms with Gasteiger partial charge in [-0.3, -0.25) is 9.69 Å². The molecule has 0 atom stereocenters. The van der Waals surface area contributed by atoms with E-state index in [4.69, 9.17) is 0 Å². The third-order valence-corrected chi connectivity index (χ3v) is 5.20. The fourth-order valence-corrected chi connectivity index (χ4v) is 3.37. The molecule has 0 bridgehead atoms. The second-order valence-electron chi connectivity index (χ2n) is 6.94. The van der Waals surface area contributed by atoms with Crippen molar-refractivity contribution >= 4 is 5.91 Å². The highest BCUT2D eigenvalue weighted by Crippen LogP contribution is 2.16. The number of hydrogen-bond donors (Lipinski definition) is 0. The summed E-state index contributed by atoms with van der Waals surface area (Å²) < 4.78 is 0. The van der Waals surface area contributed by atoms with Crippen LogP contribution < -0.4 is 0 Å². The number of nitrogens with zero attached hydrogens (tertiary/aromatic N) is 2. The molecule has 0 aromatic heterocycles. The predicted molar refractivity (Wildman–Crippen MR) is 99.3 cm³/mol. The Kier molecular flexibility index (Phi) is 5.52. The van der Waals surface area contributed by atoms with Crippen LogP contribution in [0, 0.1) is 13.8 Å². The molecule has 1 aromatic rings. The number of benzene rings is 1. The van der Waals surface area contributed by atoms with E-state index < -0.39 is 0 Å². The highest BCUT2D eigenvalue weighted by molar-refractivity contribution is 5.94. The first-order valence-electron chi connectivity index (χ1n) is 9.08. The molecule has 128 valence electrons. The van der Waals surface area contributed by atoms with Gasteiger partial charge in [0.1, 0.15) is 0 Å². The number of hydrogen-bond acceptors (Lipinski definition) is 2. The van der Waals surface area contributed by atoms with Gasteiger partial charge in [0, 0.05) is 38.3 Å². The number of amides is 1. The fourth-order valence-electron chi connectivity index (χ4n) is 3.37. The van der Waals surface area contributed by atoms with Crippen LogP contribution >= 0.6 is 0 Å². The highest BCUT2D eigenvalue weighted by atomic mass is 16.2. The summed E-state index contributed by atoms with van der Waals surface area (Å²) in [4.78, 5) is 17.1. The van der Waals surface area contributed by atoms with E-state index in [1.54, 1.807) is 0 Å². The molecule has 2 aliphatic rings. The van der Waals surface area contributed by atoms with E-state index in [2.05, 4.69) is 37.0 Å². The Morgan fingerprint density at radius 2 is 1.83 bits per heavy atom. The number of rotatable bonds is 4. The van der Waals surface area contributed by atoms with Crippen LogP contribution in [-0.4, -0.2) is 48.4 Å². The maximum atomic E-state index is 12.7. The summed E-state index contributed by atoms with van der Waals surface area (Å²) in [6.07, 6.45) is 10.4. The van der Waals surface area contributed by atoms with Gasteiger partial charge in [-0.15, -0.1) is 0 Å². The molecular weight excluding hydrogens is 296 g/mol. The lowest BCUT2D eigenvalue weighted by atomic mass is 10.0. The molecule has 3 heteroatoms. The van der Waals surface area contributed by atoms with Crippen LogP contribution in [0.4, 0.5) is 0 Å². The minimum absolute atomic E-state index is 0.177. The van der Waals surface area contributed by atoms with Crippen LogP contribution in [0.25, 0.3) is 0 Å². The minimum Gasteiger partial charge on any atom is -0.336 e. The van der Waals surface area contributed by atoms with Gasteiger partial charge in [-0.05, 0) is 56.4 Å². The molecule has 1 aromatic carbocycles. The molecule has 3 nitrogen and oxygen atoms in total. The third kappa shape index (κ3) is 4.15. The van der Waals surface area contributed by atoms with Gasteiger partial charge in [-0.25, -0.2) is 0 Å². The Labute approximate surface area is 145 Å². The van der Waals surface area contributed by atoms with Crippen molar-refractivity contribution < 1.29 is 4.79 Å². The lowest BCUT2D eigenvalue weighted by Crippen LogP contribution is -2.48. The summed E-state index contributed by atoms with van der Waals surface area (Å²) in [6.45, 7) is 8.88. The number of carbonyl (C=O) groups excluding carboxylic acids is 1. The van der Waals surface area contributed by atoms with Gasteiger partial charge in [-0.2, -0.15) is 0 Å². The van der Waals surface area contributed by atoms with Crippen molar-refractivity contribution in [1.82, 2.24) is 9.80 Å². The van der Waals surface area contributed by atoms with Crippen molar-refractivity contribution in [1.29, 1.82) is 0 Å². The zero-order valence-corrected chi connectivity index (χ0v) is 14.9. The van der Waals surface area contributed by atoms with E-state index in [9.17, 15) is 4.79 Å². The molecule has 0 unspecified atom stereocenters. The van der Waals surface area contributed by atoms with Gasteiger partial charge in [0.25, 0.3) is 5.91 Å². The number of allylic oxidation sites excluding steroid dienone is 3. The second-order valence-corrected chi connectivity index (χ2v) is 6.94. The van der Waals surface area contributed by atoms with E-state index in [1.165, 1.54) is 29.5 Å². The van der Waals surface area contributed by atoms with Crippen LogP contribution in [0.15, 0.2) is 42.0 Å². The largest absolute Gasteiger partial charge is 0.336 e. The minimum atomic E-state index is 0.177. The lowest BCUT2D eigenvalue weighted by Gasteiger charge is -2.35. The molecule has 1 amide bonds. The molecule has 1 aliphatic carbocycles. The SMILES string of the molecule is Cc1ccc(C(=O)N2CCN(CCC3=CCCC=C3)CC2)cc1C. The summed E-state index contributed by atoms with van der Waals surface area (Å²) >= 11 is 0. The highest BCUT2D eigenvalue weighted by Gasteiger charge is 2.22. The van der Waals surface area contributed by atoms with Crippen molar-refractivity contribution in [3.63, 3.8) is 0 Å². The maximum absolute atomic E-state index is 12.7. The smallest absolute Gasteiger partial charge is 0.253 e. The maximum Gasteiger partial charge on any atom is 0.253 e. The topological polar surface area (TPSA) is 23.6 Å². The summed E-state index contributed by atoms with van der Waals surface area (Å²) in [7, 11) is 0. The molecule has 1 saturated heterocycles. The van der Waals surface area contributed by atoms with Crippen molar-refractivity contribution in [2.24, 2.45) is 0 Å². The molecular formula is C21H28N2O. The van der Waals surface area contributed by atoms with E-state index in [1.807, 2.05) is 23.1 Å². The average molecular weight is 324 g/mol. The zero-order valence-electron chi connectivity index (χ0n) is 14.9. The Hall–Kier alpha value is -1.87. The van der Waals surface area contributed by atoms with Crippen LogP contribution in [0.5, 0.6) is 0 Å². The van der Waals surface area contributed by atoms with E-state index >= 15 is 0 Å². The Morgan fingerprint density at radius 3 is 2.50 bits per heavy atom. The van der Waals surface area contributed by atoms with Crippen molar-refractivity contribution in [3.8, 4) is 0 Å². The Bertz CT molecular complexity index is 652. The summed E-state index contributed by atoms with van der Waals surface area (Å²) in [5.74, 6) is 0.177. The standard InChI is InChI=1S/C21H28N2O/c1-17-8-9-20(16-18(17)2)21(24)23-14-12-22(13-15-23)11-10-19-6-4-3-5-7-19/h4,6-9,16H,3,5,10-15H2,1-2H3. The summed E-state index contributed by atoms with van der Waals surface area (Å²) in [5, 5.41) is 0. The molecule has 24 heavy (non-hydrogen) atoms. The first-order chi connectivity index (χ1) is 11.6. The summed E-state index contributed by atoms with van der Waals surface area (Å²) in [6, 6.07) is 6.02. The predicted octanol–water partition coefficient (Wildman–Crippen LogP) is 3.73. The van der Waals surface area contributed by atoms with Crippen LogP contribution in [0.1, 0.15) is 40.7 Å². The third-order valence-electron chi connectivity index (χ3n) is 5.20. The normalized spacial score (nSPS) is 18.6. The number of carbonyl (C=O) groups is 1. The summed E-state index contributed by atoms with van der Waals surface area (Å²) in [5.41, 5.74) is 4.72. The molecule has 0 radical (unpaired) electrons. The fraction of sp³-hybridized carbons (Fsp3) is 0.476. The van der Waals surface area contributed by atoms with Gasteiger partial charge in [0.2, 0.25) is 0 Å². The van der Waals surface area contributed by atoms with E-state index in [-0.39, 0.29) is 5.91 Å². The first kappa shape index (κ1) is 17.0. The van der Waals surface area contributed by atoms with Crippen molar-refractivity contribution in [3.05, 3.63) is 58.7 Å². The molecule has 0 spiro atoms. The quantitative estimate of drug-likeness (QED) is 0.842. The van der Waals surface area contributed by atoms with Crippen LogP contribution in [-0.2, 0) is 0 Å². The molecule has 0 N–H and O–H groups in total. The van der Waals surface area contributed by atoms with Crippen molar-refractivity contribution in [2.75, 3.05) is 32.7 Å². The first-order valence-corrected chi connectivity index (χ1v) is 9.08. The molecule has 1 heterocycles. The molecule has 1 fully saturated rings. The van der Waals surface area contributed by atoms with Crippen molar-refractivity contribution in [2.45, 2.75) is 33.1 Å². The molecule has 0 saturated carbocycles. The van der Waals surface area contributed by atoms with Gasteiger partial charge >= 0.3 is 0 Å².